The first kappa shape index (κ1) is 18.5. The van der Waals surface area contributed by atoms with Gasteiger partial charge in [0.05, 0.1) is 6.10 Å². The van der Waals surface area contributed by atoms with Crippen molar-refractivity contribution in [3.8, 4) is 5.75 Å². The third-order valence-corrected chi connectivity index (χ3v) is 4.98. The fourth-order valence-electron chi connectivity index (χ4n) is 2.57. The summed E-state index contributed by atoms with van der Waals surface area (Å²) in [5.74, 6) is 0.281. The van der Waals surface area contributed by atoms with E-state index in [0.29, 0.717) is 0 Å². The van der Waals surface area contributed by atoms with Gasteiger partial charge in [0.1, 0.15) is 10.6 Å². The van der Waals surface area contributed by atoms with E-state index in [4.69, 9.17) is 8.92 Å². The first-order valence-electron chi connectivity index (χ1n) is 7.77. The molecule has 0 N–H and O–H groups in total. The molecule has 0 heterocycles. The molecule has 0 amide bonds. The molecule has 1 unspecified atom stereocenters. The Labute approximate surface area is 144 Å². The van der Waals surface area contributed by atoms with Gasteiger partial charge in [-0.15, -0.1) is 0 Å². The summed E-state index contributed by atoms with van der Waals surface area (Å²) in [6.07, 6.45) is -0.0831. The van der Waals surface area contributed by atoms with Gasteiger partial charge in [-0.25, -0.2) is 0 Å². The van der Waals surface area contributed by atoms with Gasteiger partial charge in [-0.1, -0.05) is 50.6 Å². The molecule has 0 fully saturated rings. The Balaban J connectivity index is 2.21. The van der Waals surface area contributed by atoms with Crippen LogP contribution in [0.1, 0.15) is 38.0 Å². The predicted octanol–water partition coefficient (Wildman–Crippen LogP) is 4.50. The maximum Gasteiger partial charge on any atom is 0.339 e. The van der Waals surface area contributed by atoms with Gasteiger partial charge in [0.25, 0.3) is 0 Å². The number of rotatable bonds is 5. The summed E-state index contributed by atoms with van der Waals surface area (Å²) >= 11 is 0. The van der Waals surface area contributed by atoms with Gasteiger partial charge in [-0.2, -0.15) is 8.42 Å². The van der Waals surface area contributed by atoms with Gasteiger partial charge in [-0.3, -0.25) is 0 Å². The molecule has 0 aliphatic rings. The summed E-state index contributed by atoms with van der Waals surface area (Å²) in [4.78, 5) is 0.140. The SMILES string of the molecule is COC(c1ccc(OS(=O)(=O)c2ccc(C)cc2)cc1)C(C)(C)C. The van der Waals surface area contributed by atoms with Crippen LogP contribution in [0, 0.1) is 12.3 Å². The van der Waals surface area contributed by atoms with Crippen LogP contribution in [0.2, 0.25) is 0 Å². The standard InChI is InChI=1S/C19H24O4S/c1-14-6-12-17(13-7-14)24(20,21)23-16-10-8-15(9-11-16)18(22-5)19(2,3)4/h6-13,18H,1-5H3. The molecule has 24 heavy (non-hydrogen) atoms. The zero-order chi connectivity index (χ0) is 18.0. The maximum atomic E-state index is 12.3. The van der Waals surface area contributed by atoms with Crippen LogP contribution in [-0.4, -0.2) is 15.5 Å². The average Bonchev–Trinajstić information content (AvgIpc) is 2.48. The second-order valence-electron chi connectivity index (χ2n) is 6.90. The second-order valence-corrected chi connectivity index (χ2v) is 8.45. The predicted molar refractivity (Wildman–Crippen MR) is 94.6 cm³/mol. The Morgan fingerprint density at radius 2 is 1.46 bits per heavy atom. The number of ether oxygens (including phenoxy) is 1. The minimum atomic E-state index is -3.83. The second kappa shape index (κ2) is 6.95. The normalized spacial score (nSPS) is 13.5. The van der Waals surface area contributed by atoms with E-state index < -0.39 is 10.1 Å². The molecule has 2 rings (SSSR count). The molecule has 2 aromatic carbocycles. The monoisotopic (exact) mass is 348 g/mol. The van der Waals surface area contributed by atoms with Crippen LogP contribution >= 0.6 is 0 Å². The fourth-order valence-corrected chi connectivity index (χ4v) is 3.50. The molecular formula is C19H24O4S. The highest BCUT2D eigenvalue weighted by Gasteiger charge is 2.26. The van der Waals surface area contributed by atoms with Crippen LogP contribution in [-0.2, 0) is 14.9 Å². The Morgan fingerprint density at radius 1 is 0.917 bits per heavy atom. The van der Waals surface area contributed by atoms with Crippen molar-refractivity contribution < 1.29 is 17.3 Å². The van der Waals surface area contributed by atoms with Crippen LogP contribution in [0.4, 0.5) is 0 Å². The summed E-state index contributed by atoms with van der Waals surface area (Å²) in [6.45, 7) is 8.17. The van der Waals surface area contributed by atoms with Crippen LogP contribution in [0.25, 0.3) is 0 Å². The quantitative estimate of drug-likeness (QED) is 0.747. The molecule has 0 saturated heterocycles. The molecule has 5 heteroatoms. The summed E-state index contributed by atoms with van der Waals surface area (Å²) in [5, 5.41) is 0. The van der Waals surface area contributed by atoms with E-state index in [9.17, 15) is 8.42 Å². The lowest BCUT2D eigenvalue weighted by Gasteiger charge is -2.29. The minimum absolute atomic E-state index is 0.0644. The van der Waals surface area contributed by atoms with Crippen molar-refractivity contribution in [3.05, 3.63) is 59.7 Å². The first-order chi connectivity index (χ1) is 11.1. The van der Waals surface area contributed by atoms with E-state index >= 15 is 0 Å². The molecule has 4 nitrogen and oxygen atoms in total. The summed E-state index contributed by atoms with van der Waals surface area (Å²) in [6, 6.07) is 13.5. The number of hydrogen-bond acceptors (Lipinski definition) is 4. The van der Waals surface area contributed by atoms with Crippen molar-refractivity contribution >= 4 is 10.1 Å². The molecule has 130 valence electrons. The Kier molecular flexibility index (Phi) is 5.35. The summed E-state index contributed by atoms with van der Waals surface area (Å²) in [7, 11) is -2.16. The van der Waals surface area contributed by atoms with E-state index in [2.05, 4.69) is 20.8 Å². The lowest BCUT2D eigenvalue weighted by Crippen LogP contribution is -2.20. The van der Waals surface area contributed by atoms with Crippen molar-refractivity contribution in [2.75, 3.05) is 7.11 Å². The highest BCUT2D eigenvalue weighted by molar-refractivity contribution is 7.87. The highest BCUT2D eigenvalue weighted by atomic mass is 32.2. The van der Waals surface area contributed by atoms with E-state index in [-0.39, 0.29) is 22.2 Å². The van der Waals surface area contributed by atoms with Crippen LogP contribution in [0.15, 0.2) is 53.4 Å². The van der Waals surface area contributed by atoms with Crippen molar-refractivity contribution in [3.63, 3.8) is 0 Å². The molecule has 0 aliphatic carbocycles. The number of methoxy groups -OCH3 is 1. The van der Waals surface area contributed by atoms with Crippen molar-refractivity contribution in [2.24, 2.45) is 5.41 Å². The maximum absolute atomic E-state index is 12.3. The highest BCUT2D eigenvalue weighted by Crippen LogP contribution is 2.36. The molecule has 2 aromatic rings. The largest absolute Gasteiger partial charge is 0.379 e. The number of aryl methyl sites for hydroxylation is 1. The van der Waals surface area contributed by atoms with Gasteiger partial charge >= 0.3 is 10.1 Å². The molecular weight excluding hydrogens is 324 g/mol. The average molecular weight is 348 g/mol. The third kappa shape index (κ3) is 4.36. The number of benzene rings is 2. The molecule has 0 spiro atoms. The van der Waals surface area contributed by atoms with Gasteiger partial charge < -0.3 is 8.92 Å². The van der Waals surface area contributed by atoms with E-state index in [1.165, 1.54) is 0 Å². The van der Waals surface area contributed by atoms with Crippen molar-refractivity contribution in [1.82, 2.24) is 0 Å². The van der Waals surface area contributed by atoms with E-state index in [1.807, 2.05) is 19.1 Å². The topological polar surface area (TPSA) is 52.6 Å². The minimum Gasteiger partial charge on any atom is -0.379 e. The molecule has 0 aliphatic heterocycles. The van der Waals surface area contributed by atoms with Gasteiger partial charge in [0.2, 0.25) is 0 Å². The lowest BCUT2D eigenvalue weighted by atomic mass is 9.84. The van der Waals surface area contributed by atoms with Crippen LogP contribution < -0.4 is 4.18 Å². The Morgan fingerprint density at radius 3 is 1.92 bits per heavy atom. The third-order valence-electron chi connectivity index (χ3n) is 3.72. The molecule has 0 bridgehead atoms. The van der Waals surface area contributed by atoms with Gasteiger partial charge in [0.15, 0.2) is 0 Å². The molecule has 1 atom stereocenters. The van der Waals surface area contributed by atoms with Crippen molar-refractivity contribution in [2.45, 2.75) is 38.7 Å². The van der Waals surface area contributed by atoms with Crippen molar-refractivity contribution in [1.29, 1.82) is 0 Å². The van der Waals surface area contributed by atoms with Gasteiger partial charge in [-0.05, 0) is 42.2 Å². The molecule has 0 aromatic heterocycles. The molecule has 0 radical (unpaired) electrons. The number of hydrogen-bond donors (Lipinski definition) is 0. The fraction of sp³-hybridized carbons (Fsp3) is 0.368. The zero-order valence-corrected chi connectivity index (χ0v) is 15.6. The molecule has 0 saturated carbocycles. The smallest absolute Gasteiger partial charge is 0.339 e. The Hall–Kier alpha value is -1.85. The zero-order valence-electron chi connectivity index (χ0n) is 14.7. The summed E-state index contributed by atoms with van der Waals surface area (Å²) < 4.78 is 35.4. The van der Waals surface area contributed by atoms with Crippen LogP contribution in [0.3, 0.4) is 0 Å². The van der Waals surface area contributed by atoms with Gasteiger partial charge in [0, 0.05) is 7.11 Å². The van der Waals surface area contributed by atoms with E-state index in [0.717, 1.165) is 11.1 Å². The summed E-state index contributed by atoms with van der Waals surface area (Å²) in [5.41, 5.74) is 1.90. The Bertz CT molecular complexity index is 770. The van der Waals surface area contributed by atoms with E-state index in [1.54, 1.807) is 43.5 Å². The first-order valence-corrected chi connectivity index (χ1v) is 9.18. The van der Waals surface area contributed by atoms with Crippen LogP contribution in [0.5, 0.6) is 5.75 Å². The lowest BCUT2D eigenvalue weighted by molar-refractivity contribution is 0.0152.